The molecule has 1 heterocycles. The van der Waals surface area contributed by atoms with Gasteiger partial charge in [0.2, 0.25) is 0 Å². The predicted molar refractivity (Wildman–Crippen MR) is 53.8 cm³/mol. The summed E-state index contributed by atoms with van der Waals surface area (Å²) in [6.45, 7) is 2.00. The van der Waals surface area contributed by atoms with Crippen molar-refractivity contribution in [3.05, 3.63) is 42.1 Å². The van der Waals surface area contributed by atoms with Crippen LogP contribution in [0.4, 0.5) is 5.69 Å². The SMILES string of the molecule is CC1=CC(N)N(c2ccccc2)N1. The molecule has 1 aromatic carbocycles. The summed E-state index contributed by atoms with van der Waals surface area (Å²) >= 11 is 0. The number of nitrogens with zero attached hydrogens (tertiary/aromatic N) is 1. The Bertz CT molecular complexity index is 318. The number of para-hydroxylation sites is 1. The highest BCUT2D eigenvalue weighted by molar-refractivity contribution is 5.49. The second-order valence-corrected chi connectivity index (χ2v) is 3.16. The van der Waals surface area contributed by atoms with Crippen molar-refractivity contribution in [2.24, 2.45) is 5.73 Å². The average molecular weight is 175 g/mol. The largest absolute Gasteiger partial charge is 0.306 e. The van der Waals surface area contributed by atoms with Crippen molar-refractivity contribution in [2.45, 2.75) is 13.1 Å². The molecule has 0 bridgehead atoms. The molecule has 1 aliphatic rings. The molecule has 68 valence electrons. The Kier molecular flexibility index (Phi) is 1.94. The van der Waals surface area contributed by atoms with Crippen molar-refractivity contribution >= 4 is 5.69 Å². The van der Waals surface area contributed by atoms with Gasteiger partial charge in [-0.25, -0.2) is 0 Å². The van der Waals surface area contributed by atoms with Gasteiger partial charge in [0.15, 0.2) is 0 Å². The monoisotopic (exact) mass is 175 g/mol. The fourth-order valence-electron chi connectivity index (χ4n) is 1.46. The lowest BCUT2D eigenvalue weighted by Gasteiger charge is -2.24. The van der Waals surface area contributed by atoms with Gasteiger partial charge < -0.3 is 11.2 Å². The molecule has 1 aliphatic heterocycles. The van der Waals surface area contributed by atoms with Crippen molar-refractivity contribution in [1.29, 1.82) is 0 Å². The third-order valence-corrected chi connectivity index (χ3v) is 2.05. The zero-order valence-electron chi connectivity index (χ0n) is 7.57. The molecule has 0 aliphatic carbocycles. The maximum atomic E-state index is 5.89. The van der Waals surface area contributed by atoms with Crippen molar-refractivity contribution < 1.29 is 0 Å². The lowest BCUT2D eigenvalue weighted by molar-refractivity contribution is 0.693. The number of allylic oxidation sites excluding steroid dienone is 1. The van der Waals surface area contributed by atoms with Crippen LogP contribution in [0.25, 0.3) is 0 Å². The second-order valence-electron chi connectivity index (χ2n) is 3.16. The molecule has 1 aromatic rings. The minimum Gasteiger partial charge on any atom is -0.306 e. The molecule has 13 heavy (non-hydrogen) atoms. The van der Waals surface area contributed by atoms with Gasteiger partial charge in [-0.15, -0.1) is 0 Å². The first-order valence-corrected chi connectivity index (χ1v) is 4.32. The Morgan fingerprint density at radius 3 is 2.54 bits per heavy atom. The van der Waals surface area contributed by atoms with Crippen LogP contribution in [0.3, 0.4) is 0 Å². The normalized spacial score (nSPS) is 21.2. The number of hydrazine groups is 1. The highest BCUT2D eigenvalue weighted by atomic mass is 15.6. The first kappa shape index (κ1) is 8.13. The summed E-state index contributed by atoms with van der Waals surface area (Å²) in [5.74, 6) is 0. The van der Waals surface area contributed by atoms with Crippen molar-refractivity contribution in [3.8, 4) is 0 Å². The average Bonchev–Trinajstić information content (AvgIpc) is 2.47. The van der Waals surface area contributed by atoms with Crippen molar-refractivity contribution in [3.63, 3.8) is 0 Å². The number of anilines is 1. The van der Waals surface area contributed by atoms with Gasteiger partial charge in [0.25, 0.3) is 0 Å². The molecule has 1 atom stereocenters. The van der Waals surface area contributed by atoms with Gasteiger partial charge in [0.1, 0.15) is 6.17 Å². The molecular weight excluding hydrogens is 162 g/mol. The Hall–Kier alpha value is -1.48. The van der Waals surface area contributed by atoms with Gasteiger partial charge in [-0.2, -0.15) is 0 Å². The molecule has 1 unspecified atom stereocenters. The number of nitrogens with one attached hydrogen (secondary N) is 1. The first-order valence-electron chi connectivity index (χ1n) is 4.32. The van der Waals surface area contributed by atoms with Gasteiger partial charge in [0, 0.05) is 5.70 Å². The first-order chi connectivity index (χ1) is 6.27. The predicted octanol–water partition coefficient (Wildman–Crippen LogP) is 1.20. The van der Waals surface area contributed by atoms with Crippen LogP contribution in [0.2, 0.25) is 0 Å². The minimum absolute atomic E-state index is 0.0672. The molecule has 0 saturated heterocycles. The van der Waals surface area contributed by atoms with E-state index in [1.54, 1.807) is 0 Å². The number of nitrogens with two attached hydrogens (primary N) is 1. The number of benzene rings is 1. The Morgan fingerprint density at radius 2 is 2.00 bits per heavy atom. The molecule has 3 N–H and O–H groups in total. The van der Waals surface area contributed by atoms with Crippen LogP contribution in [0, 0.1) is 0 Å². The van der Waals surface area contributed by atoms with E-state index in [0.717, 1.165) is 11.4 Å². The van der Waals surface area contributed by atoms with Crippen LogP contribution in [-0.2, 0) is 0 Å². The summed E-state index contributed by atoms with van der Waals surface area (Å²) in [6.07, 6.45) is 1.93. The second kappa shape index (κ2) is 3.11. The van der Waals surface area contributed by atoms with Crippen LogP contribution >= 0.6 is 0 Å². The molecule has 3 heteroatoms. The summed E-state index contributed by atoms with van der Waals surface area (Å²) in [4.78, 5) is 0. The highest BCUT2D eigenvalue weighted by Gasteiger charge is 2.18. The standard InChI is InChI=1S/C10H13N3/c1-8-7-10(11)13(12-8)9-5-3-2-4-6-9/h2-7,10,12H,11H2,1H3. The molecule has 0 amide bonds. The van der Waals surface area contributed by atoms with E-state index in [2.05, 4.69) is 5.43 Å². The third-order valence-electron chi connectivity index (χ3n) is 2.05. The van der Waals surface area contributed by atoms with E-state index in [0.29, 0.717) is 0 Å². The van der Waals surface area contributed by atoms with Gasteiger partial charge in [-0.1, -0.05) is 18.2 Å². The van der Waals surface area contributed by atoms with Crippen LogP contribution in [-0.4, -0.2) is 6.17 Å². The van der Waals surface area contributed by atoms with Gasteiger partial charge >= 0.3 is 0 Å². The topological polar surface area (TPSA) is 41.3 Å². The van der Waals surface area contributed by atoms with E-state index in [1.165, 1.54) is 0 Å². The molecule has 0 radical (unpaired) electrons. The van der Waals surface area contributed by atoms with Crippen molar-refractivity contribution in [1.82, 2.24) is 5.43 Å². The van der Waals surface area contributed by atoms with E-state index in [4.69, 9.17) is 5.73 Å². The molecule has 0 spiro atoms. The molecule has 0 fully saturated rings. The molecule has 3 nitrogen and oxygen atoms in total. The zero-order chi connectivity index (χ0) is 9.26. The van der Waals surface area contributed by atoms with Crippen molar-refractivity contribution in [2.75, 3.05) is 5.01 Å². The third kappa shape index (κ3) is 1.51. The van der Waals surface area contributed by atoms with Crippen LogP contribution in [0.5, 0.6) is 0 Å². The number of rotatable bonds is 1. The summed E-state index contributed by atoms with van der Waals surface area (Å²) in [5.41, 5.74) is 11.3. The number of hydrogen-bond acceptors (Lipinski definition) is 3. The lowest BCUT2D eigenvalue weighted by Crippen LogP contribution is -2.43. The molecule has 2 rings (SSSR count). The van der Waals surface area contributed by atoms with Gasteiger partial charge in [-0.3, -0.25) is 5.01 Å². The summed E-state index contributed by atoms with van der Waals surface area (Å²) in [5, 5.41) is 1.94. The maximum Gasteiger partial charge on any atom is 0.118 e. The van der Waals surface area contributed by atoms with E-state index < -0.39 is 0 Å². The fraction of sp³-hybridized carbons (Fsp3) is 0.200. The zero-order valence-corrected chi connectivity index (χ0v) is 7.57. The van der Waals surface area contributed by atoms with E-state index in [1.807, 2.05) is 48.3 Å². The van der Waals surface area contributed by atoms with Gasteiger partial charge in [0.05, 0.1) is 5.69 Å². The Morgan fingerprint density at radius 1 is 1.31 bits per heavy atom. The van der Waals surface area contributed by atoms with Crippen LogP contribution < -0.4 is 16.2 Å². The van der Waals surface area contributed by atoms with E-state index >= 15 is 0 Å². The minimum atomic E-state index is -0.0672. The lowest BCUT2D eigenvalue weighted by atomic mass is 10.3. The fourth-order valence-corrected chi connectivity index (χ4v) is 1.46. The molecule has 0 aromatic heterocycles. The number of hydrogen-bond donors (Lipinski definition) is 2. The summed E-state index contributed by atoms with van der Waals surface area (Å²) in [7, 11) is 0. The molecule has 0 saturated carbocycles. The maximum absolute atomic E-state index is 5.89. The van der Waals surface area contributed by atoms with E-state index in [9.17, 15) is 0 Å². The Labute approximate surface area is 77.8 Å². The summed E-state index contributed by atoms with van der Waals surface area (Å²) < 4.78 is 0. The smallest absolute Gasteiger partial charge is 0.118 e. The quantitative estimate of drug-likeness (QED) is 0.674. The Balaban J connectivity index is 2.21. The van der Waals surface area contributed by atoms with Gasteiger partial charge in [-0.05, 0) is 25.1 Å². The van der Waals surface area contributed by atoms with Crippen LogP contribution in [0.15, 0.2) is 42.1 Å². The highest BCUT2D eigenvalue weighted by Crippen LogP contribution is 2.17. The molecular formula is C10H13N3. The van der Waals surface area contributed by atoms with E-state index in [-0.39, 0.29) is 6.17 Å². The van der Waals surface area contributed by atoms with Crippen LogP contribution in [0.1, 0.15) is 6.92 Å². The summed E-state index contributed by atoms with van der Waals surface area (Å²) in [6, 6.07) is 10.0.